The molecule has 0 heterocycles. The van der Waals surface area contributed by atoms with Crippen LogP contribution < -0.4 is 4.18 Å². The summed E-state index contributed by atoms with van der Waals surface area (Å²) in [4.78, 5) is 25.3. The van der Waals surface area contributed by atoms with Crippen LogP contribution in [-0.2, 0) is 19.6 Å². The highest BCUT2D eigenvalue weighted by Crippen LogP contribution is 2.23. The number of esters is 1. The number of hydrogen-bond acceptors (Lipinski definition) is 6. The Morgan fingerprint density at radius 1 is 1.00 bits per heavy atom. The van der Waals surface area contributed by atoms with Crippen LogP contribution in [-0.4, -0.2) is 45.4 Å². The van der Waals surface area contributed by atoms with Crippen molar-refractivity contribution in [1.29, 1.82) is 0 Å². The van der Waals surface area contributed by atoms with Gasteiger partial charge in [-0.1, -0.05) is 12.1 Å². The second-order valence-corrected chi connectivity index (χ2v) is 8.13. The molecule has 0 saturated heterocycles. The lowest BCUT2D eigenvalue weighted by atomic mass is 10.2. The first kappa shape index (κ1) is 21.4. The highest BCUT2D eigenvalue weighted by molar-refractivity contribution is 7.87. The van der Waals surface area contributed by atoms with E-state index < -0.39 is 22.2 Å². The largest absolute Gasteiger partial charge is 0.449 e. The molecule has 8 heteroatoms. The Bertz CT molecular complexity index is 980. The summed E-state index contributed by atoms with van der Waals surface area (Å²) >= 11 is 0. The molecule has 0 saturated carbocycles. The SMILES string of the molecule is Cc1ccc(C)c(S(=O)(=O)Oc2ccc(C(=O)O[C@H](C)C(=O)N(C)C)cc2)c1. The Labute approximate surface area is 165 Å². The average Bonchev–Trinajstić information content (AvgIpc) is 2.63. The van der Waals surface area contributed by atoms with Gasteiger partial charge in [0.15, 0.2) is 6.10 Å². The fourth-order valence-corrected chi connectivity index (χ4v) is 3.68. The minimum atomic E-state index is -4.01. The normalized spacial score (nSPS) is 12.2. The van der Waals surface area contributed by atoms with Crippen molar-refractivity contribution < 1.29 is 26.9 Å². The van der Waals surface area contributed by atoms with Gasteiger partial charge < -0.3 is 13.8 Å². The molecule has 0 unspecified atom stereocenters. The highest BCUT2D eigenvalue weighted by atomic mass is 32.2. The van der Waals surface area contributed by atoms with Crippen molar-refractivity contribution in [1.82, 2.24) is 4.90 Å². The molecule has 0 radical (unpaired) electrons. The number of benzene rings is 2. The second-order valence-electron chi connectivity index (χ2n) is 6.61. The van der Waals surface area contributed by atoms with Gasteiger partial charge in [-0.25, -0.2) is 4.79 Å². The van der Waals surface area contributed by atoms with E-state index in [0.717, 1.165) is 5.56 Å². The van der Waals surface area contributed by atoms with Crippen molar-refractivity contribution >= 4 is 22.0 Å². The Morgan fingerprint density at radius 3 is 2.18 bits per heavy atom. The summed E-state index contributed by atoms with van der Waals surface area (Å²) in [6.45, 7) is 4.96. The van der Waals surface area contributed by atoms with Crippen LogP contribution in [0.1, 0.15) is 28.4 Å². The third kappa shape index (κ3) is 5.10. The van der Waals surface area contributed by atoms with Crippen LogP contribution in [0.5, 0.6) is 5.75 Å². The van der Waals surface area contributed by atoms with Crippen LogP contribution in [0.4, 0.5) is 0 Å². The molecule has 0 aliphatic heterocycles. The third-order valence-corrected chi connectivity index (χ3v) is 5.37. The second kappa shape index (κ2) is 8.43. The standard InChI is InChI=1S/C20H23NO6S/c1-13-6-7-14(2)18(12-13)28(24,25)27-17-10-8-16(9-11-17)20(23)26-15(3)19(22)21(4)5/h6-12,15H,1-5H3/t15-/m1/s1. The van der Waals surface area contributed by atoms with Gasteiger partial charge in [-0.15, -0.1) is 0 Å². The molecule has 1 atom stereocenters. The highest BCUT2D eigenvalue weighted by Gasteiger charge is 2.22. The van der Waals surface area contributed by atoms with Crippen LogP contribution >= 0.6 is 0 Å². The Kier molecular flexibility index (Phi) is 6.45. The van der Waals surface area contributed by atoms with E-state index in [1.165, 1.54) is 36.1 Å². The van der Waals surface area contributed by atoms with Gasteiger partial charge in [-0.05, 0) is 62.2 Å². The smallest absolute Gasteiger partial charge is 0.339 e. The number of aryl methyl sites for hydroxylation is 2. The number of amides is 1. The monoisotopic (exact) mass is 405 g/mol. The van der Waals surface area contributed by atoms with E-state index in [2.05, 4.69) is 0 Å². The van der Waals surface area contributed by atoms with Crippen LogP contribution in [0, 0.1) is 13.8 Å². The molecule has 0 fully saturated rings. The zero-order valence-corrected chi connectivity index (χ0v) is 17.2. The molecule has 0 aliphatic carbocycles. The molecular formula is C20H23NO6S. The third-order valence-electron chi connectivity index (χ3n) is 3.98. The first-order valence-corrected chi connectivity index (χ1v) is 9.96. The maximum absolute atomic E-state index is 12.5. The van der Waals surface area contributed by atoms with Gasteiger partial charge in [-0.2, -0.15) is 8.42 Å². The minimum Gasteiger partial charge on any atom is -0.449 e. The van der Waals surface area contributed by atoms with E-state index in [4.69, 9.17) is 8.92 Å². The summed E-state index contributed by atoms with van der Waals surface area (Å²) in [5, 5.41) is 0. The predicted octanol–water partition coefficient (Wildman–Crippen LogP) is 2.70. The molecule has 0 aliphatic rings. The summed E-state index contributed by atoms with van der Waals surface area (Å²) in [5.74, 6) is -0.963. The lowest BCUT2D eigenvalue weighted by Gasteiger charge is -2.17. The quantitative estimate of drug-likeness (QED) is 0.542. The lowest BCUT2D eigenvalue weighted by molar-refractivity contribution is -0.137. The van der Waals surface area contributed by atoms with Gasteiger partial charge in [0.25, 0.3) is 5.91 Å². The van der Waals surface area contributed by atoms with Crippen LogP contribution in [0.15, 0.2) is 47.4 Å². The first-order chi connectivity index (χ1) is 13.0. The number of likely N-dealkylation sites (N-methyl/N-ethyl adjacent to an activating group) is 1. The van der Waals surface area contributed by atoms with E-state index >= 15 is 0 Å². The molecule has 150 valence electrons. The van der Waals surface area contributed by atoms with Crippen LogP contribution in [0.25, 0.3) is 0 Å². The maximum Gasteiger partial charge on any atom is 0.339 e. The average molecular weight is 405 g/mol. The van der Waals surface area contributed by atoms with E-state index in [1.807, 2.05) is 6.07 Å². The van der Waals surface area contributed by atoms with Crippen LogP contribution in [0.3, 0.4) is 0 Å². The molecule has 0 spiro atoms. The number of rotatable bonds is 6. The summed E-state index contributed by atoms with van der Waals surface area (Å²) in [5.41, 5.74) is 1.55. The molecule has 28 heavy (non-hydrogen) atoms. The van der Waals surface area contributed by atoms with Crippen molar-refractivity contribution in [3.8, 4) is 5.75 Å². The Hall–Kier alpha value is -2.87. The molecule has 1 amide bonds. The molecule has 2 aromatic carbocycles. The fourth-order valence-electron chi connectivity index (χ4n) is 2.44. The van der Waals surface area contributed by atoms with Crippen molar-refractivity contribution in [2.24, 2.45) is 0 Å². The number of carbonyl (C=O) groups is 2. The maximum atomic E-state index is 12.5. The lowest BCUT2D eigenvalue weighted by Crippen LogP contribution is -2.34. The number of ether oxygens (including phenoxy) is 1. The van der Waals surface area contributed by atoms with E-state index in [9.17, 15) is 18.0 Å². The van der Waals surface area contributed by atoms with E-state index in [0.29, 0.717) is 5.56 Å². The first-order valence-electron chi connectivity index (χ1n) is 8.55. The van der Waals surface area contributed by atoms with Gasteiger partial charge >= 0.3 is 16.1 Å². The fraction of sp³-hybridized carbons (Fsp3) is 0.300. The zero-order chi connectivity index (χ0) is 21.1. The van der Waals surface area contributed by atoms with Gasteiger partial charge in [0.1, 0.15) is 10.6 Å². The van der Waals surface area contributed by atoms with Gasteiger partial charge in [-0.3, -0.25) is 4.79 Å². The molecule has 2 aromatic rings. The van der Waals surface area contributed by atoms with Crippen molar-refractivity contribution in [3.63, 3.8) is 0 Å². The van der Waals surface area contributed by atoms with E-state index in [1.54, 1.807) is 40.1 Å². The van der Waals surface area contributed by atoms with Gasteiger partial charge in [0, 0.05) is 14.1 Å². The van der Waals surface area contributed by atoms with Gasteiger partial charge in [0.05, 0.1) is 5.56 Å². The van der Waals surface area contributed by atoms with Crippen molar-refractivity contribution in [2.45, 2.75) is 31.8 Å². The summed E-state index contributed by atoms with van der Waals surface area (Å²) < 4.78 is 35.3. The summed E-state index contributed by atoms with van der Waals surface area (Å²) in [6.07, 6.45) is -0.928. The topological polar surface area (TPSA) is 90.0 Å². The zero-order valence-electron chi connectivity index (χ0n) is 16.4. The van der Waals surface area contributed by atoms with Crippen molar-refractivity contribution in [3.05, 3.63) is 59.2 Å². The van der Waals surface area contributed by atoms with Gasteiger partial charge in [0.2, 0.25) is 0 Å². The number of nitrogens with zero attached hydrogens (tertiary/aromatic N) is 1. The predicted molar refractivity (Wildman–Crippen MR) is 104 cm³/mol. The Morgan fingerprint density at radius 2 is 1.61 bits per heavy atom. The van der Waals surface area contributed by atoms with E-state index in [-0.39, 0.29) is 22.1 Å². The summed E-state index contributed by atoms with van der Waals surface area (Å²) in [6, 6.07) is 10.5. The molecular weight excluding hydrogens is 382 g/mol. The minimum absolute atomic E-state index is 0.0647. The van der Waals surface area contributed by atoms with Crippen molar-refractivity contribution in [2.75, 3.05) is 14.1 Å². The number of carbonyl (C=O) groups excluding carboxylic acids is 2. The molecule has 2 rings (SSSR count). The molecule has 0 N–H and O–H groups in total. The molecule has 7 nitrogen and oxygen atoms in total. The Balaban J connectivity index is 2.13. The summed E-state index contributed by atoms with van der Waals surface area (Å²) in [7, 11) is -0.876. The number of hydrogen-bond donors (Lipinski definition) is 0. The molecule has 0 bridgehead atoms. The van der Waals surface area contributed by atoms with Crippen LogP contribution in [0.2, 0.25) is 0 Å². The molecule has 0 aromatic heterocycles.